The molecule has 1 aliphatic heterocycles. The zero-order valence-corrected chi connectivity index (χ0v) is 20.7. The fraction of sp³-hybridized carbons (Fsp3) is 0.619. The molecule has 0 radical (unpaired) electrons. The molecular formula is C21H33N7O10. The summed E-state index contributed by atoms with van der Waals surface area (Å²) in [5, 5.41) is 24.6. The SMILES string of the molecule is C[C@H](N)C(=O)N[C@@H](CC(=O)O)C(=O)N[C@@H](CC(N)=O)C(=O)N[C@@H](CCC(=O)O)C(=O)N1CCC[C@H]1C(N)=O. The van der Waals surface area contributed by atoms with Crippen molar-refractivity contribution in [3.05, 3.63) is 0 Å². The Morgan fingerprint density at radius 3 is 1.84 bits per heavy atom. The highest BCUT2D eigenvalue weighted by molar-refractivity contribution is 5.98. The molecule has 0 aromatic rings. The lowest BCUT2D eigenvalue weighted by Crippen LogP contribution is -2.59. The van der Waals surface area contributed by atoms with Gasteiger partial charge in [-0.2, -0.15) is 0 Å². The van der Waals surface area contributed by atoms with Gasteiger partial charge in [-0.15, -0.1) is 0 Å². The number of amides is 6. The molecule has 1 fully saturated rings. The average Bonchev–Trinajstić information content (AvgIpc) is 3.29. The molecule has 11 N–H and O–H groups in total. The summed E-state index contributed by atoms with van der Waals surface area (Å²) in [5.74, 6) is -8.53. The first-order valence-electron chi connectivity index (χ1n) is 11.6. The third-order valence-electron chi connectivity index (χ3n) is 5.59. The molecular weight excluding hydrogens is 510 g/mol. The van der Waals surface area contributed by atoms with Gasteiger partial charge in [-0.3, -0.25) is 38.4 Å². The molecule has 0 bridgehead atoms. The van der Waals surface area contributed by atoms with Crippen LogP contribution in [0.5, 0.6) is 0 Å². The normalized spacial score (nSPS) is 17.8. The smallest absolute Gasteiger partial charge is 0.305 e. The largest absolute Gasteiger partial charge is 0.481 e. The number of hydrogen-bond acceptors (Lipinski definition) is 9. The van der Waals surface area contributed by atoms with Gasteiger partial charge >= 0.3 is 11.9 Å². The summed E-state index contributed by atoms with van der Waals surface area (Å²) in [6.07, 6.45) is -1.91. The first-order valence-corrected chi connectivity index (χ1v) is 11.6. The second-order valence-corrected chi connectivity index (χ2v) is 8.76. The molecule has 212 valence electrons. The number of hydrogen-bond donors (Lipinski definition) is 8. The van der Waals surface area contributed by atoms with Crippen molar-refractivity contribution in [1.29, 1.82) is 0 Å². The van der Waals surface area contributed by atoms with Crippen molar-refractivity contribution in [3.8, 4) is 0 Å². The third kappa shape index (κ3) is 10.00. The van der Waals surface area contributed by atoms with E-state index in [1.54, 1.807) is 0 Å². The third-order valence-corrected chi connectivity index (χ3v) is 5.59. The molecule has 6 amide bonds. The number of aliphatic carboxylic acids is 2. The summed E-state index contributed by atoms with van der Waals surface area (Å²) in [6, 6.07) is -6.94. The van der Waals surface area contributed by atoms with Crippen LogP contribution in [-0.2, 0) is 38.4 Å². The molecule has 38 heavy (non-hydrogen) atoms. The van der Waals surface area contributed by atoms with Gasteiger partial charge in [0.1, 0.15) is 24.2 Å². The van der Waals surface area contributed by atoms with Gasteiger partial charge in [0.25, 0.3) is 0 Å². The minimum absolute atomic E-state index is 0.128. The molecule has 0 aromatic heterocycles. The van der Waals surface area contributed by atoms with Crippen LogP contribution in [0.4, 0.5) is 0 Å². The summed E-state index contributed by atoms with van der Waals surface area (Å²) in [6.45, 7) is 1.41. The van der Waals surface area contributed by atoms with E-state index >= 15 is 0 Å². The topological polar surface area (TPSA) is 294 Å². The summed E-state index contributed by atoms with van der Waals surface area (Å²) in [4.78, 5) is 97.4. The summed E-state index contributed by atoms with van der Waals surface area (Å²) in [7, 11) is 0. The van der Waals surface area contributed by atoms with Crippen LogP contribution < -0.4 is 33.2 Å². The average molecular weight is 544 g/mol. The van der Waals surface area contributed by atoms with Gasteiger partial charge < -0.3 is 48.3 Å². The Hall–Kier alpha value is -4.28. The van der Waals surface area contributed by atoms with Crippen LogP contribution in [0.1, 0.15) is 45.4 Å². The Kier molecular flexibility index (Phi) is 12.1. The summed E-state index contributed by atoms with van der Waals surface area (Å²) < 4.78 is 0. The van der Waals surface area contributed by atoms with E-state index in [9.17, 15) is 38.4 Å². The molecule has 0 aromatic carbocycles. The second-order valence-electron chi connectivity index (χ2n) is 8.76. The van der Waals surface area contributed by atoms with E-state index in [1.807, 2.05) is 0 Å². The molecule has 1 heterocycles. The number of nitrogens with zero attached hydrogens (tertiary/aromatic N) is 1. The molecule has 17 nitrogen and oxygen atoms in total. The van der Waals surface area contributed by atoms with Crippen molar-refractivity contribution in [1.82, 2.24) is 20.9 Å². The van der Waals surface area contributed by atoms with Gasteiger partial charge in [0.15, 0.2) is 0 Å². The molecule has 1 saturated heterocycles. The standard InChI is InChI=1S/C21H33N7O10/c1-9(22)18(35)26-12(8-16(32)33)20(37)27-11(7-14(23)29)19(36)25-10(4-5-15(30)31)21(38)28-6-2-3-13(28)17(24)34/h9-13H,2-8,22H2,1H3,(H2,23,29)(H2,24,34)(H,25,36)(H,26,35)(H,27,37)(H,30,31)(H,32,33)/t9-,10-,11-,12-,13-/m0/s1. The van der Waals surface area contributed by atoms with Crippen molar-refractivity contribution in [2.45, 2.75) is 75.7 Å². The second kappa shape index (κ2) is 14.5. The maximum Gasteiger partial charge on any atom is 0.305 e. The van der Waals surface area contributed by atoms with E-state index in [2.05, 4.69) is 16.0 Å². The van der Waals surface area contributed by atoms with Crippen molar-refractivity contribution in [3.63, 3.8) is 0 Å². The number of rotatable bonds is 15. The number of carbonyl (C=O) groups excluding carboxylic acids is 6. The molecule has 0 saturated carbocycles. The number of carbonyl (C=O) groups is 8. The van der Waals surface area contributed by atoms with Gasteiger partial charge in [-0.25, -0.2) is 0 Å². The highest BCUT2D eigenvalue weighted by atomic mass is 16.4. The minimum Gasteiger partial charge on any atom is -0.481 e. The fourth-order valence-corrected chi connectivity index (χ4v) is 3.69. The Balaban J connectivity index is 3.15. The van der Waals surface area contributed by atoms with Crippen molar-refractivity contribution in [2.75, 3.05) is 6.54 Å². The van der Waals surface area contributed by atoms with Crippen LogP contribution in [-0.4, -0.2) is 99.2 Å². The summed E-state index contributed by atoms with van der Waals surface area (Å²) >= 11 is 0. The Labute approximate surface area is 216 Å². The predicted octanol–water partition coefficient (Wildman–Crippen LogP) is -4.52. The van der Waals surface area contributed by atoms with Crippen LogP contribution in [0.15, 0.2) is 0 Å². The molecule has 17 heteroatoms. The van der Waals surface area contributed by atoms with E-state index in [1.165, 1.54) is 6.92 Å². The quantitative estimate of drug-likeness (QED) is 0.0972. The Morgan fingerprint density at radius 1 is 0.842 bits per heavy atom. The van der Waals surface area contributed by atoms with E-state index in [0.29, 0.717) is 6.42 Å². The molecule has 1 aliphatic rings. The lowest BCUT2D eigenvalue weighted by Gasteiger charge is -2.29. The van der Waals surface area contributed by atoms with Gasteiger partial charge in [0.2, 0.25) is 35.4 Å². The number of carboxylic acid groups (broad SMARTS) is 2. The van der Waals surface area contributed by atoms with Gasteiger partial charge in [0, 0.05) is 13.0 Å². The van der Waals surface area contributed by atoms with Crippen molar-refractivity contribution >= 4 is 47.4 Å². The monoisotopic (exact) mass is 543 g/mol. The minimum atomic E-state index is -1.73. The van der Waals surface area contributed by atoms with Gasteiger partial charge in [0.05, 0.1) is 18.9 Å². The molecule has 1 rings (SSSR count). The number of primary amides is 2. The number of nitrogens with one attached hydrogen (secondary N) is 3. The molecule has 0 aliphatic carbocycles. The fourth-order valence-electron chi connectivity index (χ4n) is 3.69. The van der Waals surface area contributed by atoms with Crippen LogP contribution in [0, 0.1) is 0 Å². The van der Waals surface area contributed by atoms with Gasteiger partial charge in [-0.1, -0.05) is 0 Å². The number of carboxylic acids is 2. The maximum atomic E-state index is 13.1. The van der Waals surface area contributed by atoms with Crippen LogP contribution in [0.3, 0.4) is 0 Å². The van der Waals surface area contributed by atoms with E-state index < -0.39 is 103 Å². The van der Waals surface area contributed by atoms with E-state index in [0.717, 1.165) is 4.90 Å². The molecule has 0 unspecified atom stereocenters. The predicted molar refractivity (Wildman–Crippen MR) is 126 cm³/mol. The molecule has 0 spiro atoms. The molecule has 5 atom stereocenters. The lowest BCUT2D eigenvalue weighted by molar-refractivity contribution is -0.143. The highest BCUT2D eigenvalue weighted by Gasteiger charge is 2.38. The zero-order chi connectivity index (χ0) is 29.2. The van der Waals surface area contributed by atoms with Crippen molar-refractivity contribution in [2.24, 2.45) is 17.2 Å². The maximum absolute atomic E-state index is 13.1. The first-order chi connectivity index (χ1) is 17.6. The van der Waals surface area contributed by atoms with E-state index in [4.69, 9.17) is 27.4 Å². The number of likely N-dealkylation sites (tertiary alicyclic amines) is 1. The lowest BCUT2D eigenvalue weighted by atomic mass is 10.1. The highest BCUT2D eigenvalue weighted by Crippen LogP contribution is 2.19. The van der Waals surface area contributed by atoms with Crippen LogP contribution >= 0.6 is 0 Å². The van der Waals surface area contributed by atoms with Crippen LogP contribution in [0.25, 0.3) is 0 Å². The van der Waals surface area contributed by atoms with Gasteiger partial charge in [-0.05, 0) is 26.2 Å². The first kappa shape index (κ1) is 31.7. The zero-order valence-electron chi connectivity index (χ0n) is 20.7. The summed E-state index contributed by atoms with van der Waals surface area (Å²) in [5.41, 5.74) is 15.9. The van der Waals surface area contributed by atoms with Crippen molar-refractivity contribution < 1.29 is 48.6 Å². The Bertz CT molecular complexity index is 970. The van der Waals surface area contributed by atoms with E-state index in [-0.39, 0.29) is 13.0 Å². The van der Waals surface area contributed by atoms with Crippen LogP contribution in [0.2, 0.25) is 0 Å². The Morgan fingerprint density at radius 2 is 1.37 bits per heavy atom. The number of nitrogens with two attached hydrogens (primary N) is 3.